The van der Waals surface area contributed by atoms with Gasteiger partial charge in [0.15, 0.2) is 0 Å². The summed E-state index contributed by atoms with van der Waals surface area (Å²) in [6.45, 7) is 5.77. The number of piperazine rings is 1. The molecular formula is C13H23N3O2. The number of hydrogen-bond donors (Lipinski definition) is 2. The van der Waals surface area contributed by atoms with E-state index in [2.05, 4.69) is 17.6 Å². The molecule has 2 aliphatic rings. The molecule has 2 aliphatic heterocycles. The first-order valence-corrected chi connectivity index (χ1v) is 6.92. The van der Waals surface area contributed by atoms with Gasteiger partial charge in [0, 0.05) is 19.5 Å². The summed E-state index contributed by atoms with van der Waals surface area (Å²) >= 11 is 0. The van der Waals surface area contributed by atoms with Gasteiger partial charge < -0.3 is 15.5 Å². The molecule has 0 saturated carbocycles. The third-order valence-electron chi connectivity index (χ3n) is 4.08. The fourth-order valence-corrected chi connectivity index (χ4v) is 2.84. The van der Waals surface area contributed by atoms with Gasteiger partial charge in [0.2, 0.25) is 11.8 Å². The molecule has 18 heavy (non-hydrogen) atoms. The zero-order chi connectivity index (χ0) is 13.0. The van der Waals surface area contributed by atoms with Crippen LogP contribution in [0.2, 0.25) is 0 Å². The fourth-order valence-electron chi connectivity index (χ4n) is 2.84. The molecule has 0 aromatic heterocycles. The van der Waals surface area contributed by atoms with Crippen LogP contribution in [0.3, 0.4) is 0 Å². The van der Waals surface area contributed by atoms with E-state index in [-0.39, 0.29) is 18.4 Å². The van der Waals surface area contributed by atoms with Gasteiger partial charge in [-0.2, -0.15) is 0 Å². The molecule has 2 rings (SSSR count). The van der Waals surface area contributed by atoms with Crippen molar-refractivity contribution in [3.63, 3.8) is 0 Å². The van der Waals surface area contributed by atoms with Crippen molar-refractivity contribution in [2.24, 2.45) is 11.8 Å². The van der Waals surface area contributed by atoms with E-state index in [1.165, 1.54) is 0 Å². The van der Waals surface area contributed by atoms with E-state index in [1.807, 2.05) is 0 Å². The van der Waals surface area contributed by atoms with Crippen LogP contribution in [0.1, 0.15) is 26.2 Å². The highest BCUT2D eigenvalue weighted by Gasteiger charge is 2.26. The van der Waals surface area contributed by atoms with Crippen LogP contribution in [0.25, 0.3) is 0 Å². The first-order valence-electron chi connectivity index (χ1n) is 6.92. The lowest BCUT2D eigenvalue weighted by Crippen LogP contribution is -2.50. The van der Waals surface area contributed by atoms with Gasteiger partial charge in [-0.25, -0.2) is 0 Å². The molecule has 0 bridgehead atoms. The van der Waals surface area contributed by atoms with Crippen LogP contribution in [0.5, 0.6) is 0 Å². The summed E-state index contributed by atoms with van der Waals surface area (Å²) in [6.07, 6.45) is 2.90. The lowest BCUT2D eigenvalue weighted by atomic mass is 9.84. The lowest BCUT2D eigenvalue weighted by molar-refractivity contribution is -0.139. The van der Waals surface area contributed by atoms with Gasteiger partial charge in [-0.1, -0.05) is 6.92 Å². The molecule has 0 spiro atoms. The number of amides is 2. The SMILES string of the molecule is CC(CC(=O)N1CCNC(=O)C1)C1CCNCC1. The zero-order valence-electron chi connectivity index (χ0n) is 11.1. The van der Waals surface area contributed by atoms with Crippen LogP contribution in [0, 0.1) is 11.8 Å². The van der Waals surface area contributed by atoms with Crippen LogP contribution in [-0.2, 0) is 9.59 Å². The Labute approximate surface area is 108 Å². The maximum atomic E-state index is 12.1. The molecule has 2 amide bonds. The molecule has 2 saturated heterocycles. The fraction of sp³-hybridized carbons (Fsp3) is 0.846. The number of hydrogen-bond acceptors (Lipinski definition) is 3. The van der Waals surface area contributed by atoms with Crippen molar-refractivity contribution in [1.82, 2.24) is 15.5 Å². The minimum absolute atomic E-state index is 0.0379. The first kappa shape index (κ1) is 13.3. The average Bonchev–Trinajstić information content (AvgIpc) is 2.39. The largest absolute Gasteiger partial charge is 0.353 e. The van der Waals surface area contributed by atoms with Crippen molar-refractivity contribution in [3.8, 4) is 0 Å². The van der Waals surface area contributed by atoms with Gasteiger partial charge in [0.05, 0.1) is 6.54 Å². The molecule has 1 atom stereocenters. The number of nitrogens with zero attached hydrogens (tertiary/aromatic N) is 1. The van der Waals surface area contributed by atoms with E-state index in [4.69, 9.17) is 0 Å². The standard InChI is InChI=1S/C13H23N3O2/c1-10(11-2-4-14-5-3-11)8-13(18)16-7-6-15-12(17)9-16/h10-11,14H,2-9H2,1H3,(H,15,17). The minimum Gasteiger partial charge on any atom is -0.353 e. The van der Waals surface area contributed by atoms with E-state index in [1.54, 1.807) is 4.90 Å². The molecule has 2 heterocycles. The summed E-state index contributed by atoms with van der Waals surface area (Å²) in [5.74, 6) is 1.17. The zero-order valence-corrected chi connectivity index (χ0v) is 11.1. The van der Waals surface area contributed by atoms with Crippen LogP contribution < -0.4 is 10.6 Å². The summed E-state index contributed by atoms with van der Waals surface area (Å²) < 4.78 is 0. The second-order valence-corrected chi connectivity index (χ2v) is 5.43. The summed E-state index contributed by atoms with van der Waals surface area (Å²) in [5, 5.41) is 6.09. The summed E-state index contributed by atoms with van der Waals surface area (Å²) in [5.41, 5.74) is 0. The first-order chi connectivity index (χ1) is 8.66. The van der Waals surface area contributed by atoms with Crippen molar-refractivity contribution in [2.75, 3.05) is 32.7 Å². The Morgan fingerprint density at radius 2 is 2.11 bits per heavy atom. The number of carbonyl (C=O) groups is 2. The molecular weight excluding hydrogens is 230 g/mol. The number of rotatable bonds is 3. The highest BCUT2D eigenvalue weighted by molar-refractivity contribution is 5.85. The quantitative estimate of drug-likeness (QED) is 0.742. The molecule has 2 fully saturated rings. The maximum absolute atomic E-state index is 12.1. The molecule has 0 aromatic carbocycles. The Kier molecular flexibility index (Phi) is 4.58. The van der Waals surface area contributed by atoms with Crippen molar-refractivity contribution in [2.45, 2.75) is 26.2 Å². The number of nitrogens with one attached hydrogen (secondary N) is 2. The maximum Gasteiger partial charge on any atom is 0.239 e. The monoisotopic (exact) mass is 253 g/mol. The molecule has 102 valence electrons. The molecule has 5 heteroatoms. The second-order valence-electron chi connectivity index (χ2n) is 5.43. The van der Waals surface area contributed by atoms with E-state index in [0.717, 1.165) is 25.9 Å². The Hall–Kier alpha value is -1.10. The molecule has 2 N–H and O–H groups in total. The van der Waals surface area contributed by atoms with E-state index >= 15 is 0 Å². The summed E-state index contributed by atoms with van der Waals surface area (Å²) in [4.78, 5) is 25.1. The Morgan fingerprint density at radius 3 is 2.78 bits per heavy atom. The molecule has 0 radical (unpaired) electrons. The normalized spacial score (nSPS) is 23.6. The van der Waals surface area contributed by atoms with Gasteiger partial charge in [0.25, 0.3) is 0 Å². The van der Waals surface area contributed by atoms with Crippen molar-refractivity contribution >= 4 is 11.8 Å². The predicted octanol–water partition coefficient (Wildman–Crippen LogP) is -0.0294. The topological polar surface area (TPSA) is 61.4 Å². The highest BCUT2D eigenvalue weighted by atomic mass is 16.2. The van der Waals surface area contributed by atoms with Gasteiger partial charge in [-0.05, 0) is 37.8 Å². The molecule has 5 nitrogen and oxygen atoms in total. The van der Waals surface area contributed by atoms with Gasteiger partial charge >= 0.3 is 0 Å². The van der Waals surface area contributed by atoms with E-state index in [9.17, 15) is 9.59 Å². The minimum atomic E-state index is -0.0379. The predicted molar refractivity (Wildman–Crippen MR) is 69.0 cm³/mol. The Morgan fingerprint density at radius 1 is 1.39 bits per heavy atom. The number of piperidine rings is 1. The molecule has 0 aromatic rings. The van der Waals surface area contributed by atoms with Crippen molar-refractivity contribution < 1.29 is 9.59 Å². The Bertz CT molecular complexity index is 313. The van der Waals surface area contributed by atoms with Crippen molar-refractivity contribution in [1.29, 1.82) is 0 Å². The van der Waals surface area contributed by atoms with Crippen LogP contribution in [0.4, 0.5) is 0 Å². The van der Waals surface area contributed by atoms with Crippen molar-refractivity contribution in [3.05, 3.63) is 0 Å². The van der Waals surface area contributed by atoms with Crippen LogP contribution in [-0.4, -0.2) is 49.4 Å². The Balaban J connectivity index is 1.80. The highest BCUT2D eigenvalue weighted by Crippen LogP contribution is 2.24. The van der Waals surface area contributed by atoms with Crippen LogP contribution in [0.15, 0.2) is 0 Å². The summed E-state index contributed by atoms with van der Waals surface area (Å²) in [6, 6.07) is 0. The van der Waals surface area contributed by atoms with E-state index in [0.29, 0.717) is 31.3 Å². The molecule has 0 aliphatic carbocycles. The van der Waals surface area contributed by atoms with Gasteiger partial charge in [0.1, 0.15) is 0 Å². The number of carbonyl (C=O) groups excluding carboxylic acids is 2. The van der Waals surface area contributed by atoms with E-state index < -0.39 is 0 Å². The smallest absolute Gasteiger partial charge is 0.239 e. The third kappa shape index (κ3) is 3.45. The average molecular weight is 253 g/mol. The van der Waals surface area contributed by atoms with Crippen LogP contribution >= 0.6 is 0 Å². The molecule has 1 unspecified atom stereocenters. The lowest BCUT2D eigenvalue weighted by Gasteiger charge is -2.31. The third-order valence-corrected chi connectivity index (χ3v) is 4.08. The van der Waals surface area contributed by atoms with Gasteiger partial charge in [-0.15, -0.1) is 0 Å². The second kappa shape index (κ2) is 6.18. The van der Waals surface area contributed by atoms with Gasteiger partial charge in [-0.3, -0.25) is 9.59 Å². The summed E-state index contributed by atoms with van der Waals surface area (Å²) in [7, 11) is 0.